The summed E-state index contributed by atoms with van der Waals surface area (Å²) in [5.41, 5.74) is 5.88. The molecule has 1 aromatic rings. The first-order valence-electron chi connectivity index (χ1n) is 5.88. The van der Waals surface area contributed by atoms with Crippen molar-refractivity contribution in [2.24, 2.45) is 0 Å². The van der Waals surface area contributed by atoms with Crippen molar-refractivity contribution in [3.8, 4) is 0 Å². The van der Waals surface area contributed by atoms with E-state index >= 15 is 0 Å². The van der Waals surface area contributed by atoms with Gasteiger partial charge in [-0.1, -0.05) is 0 Å². The lowest BCUT2D eigenvalue weighted by atomic mass is 9.92. The van der Waals surface area contributed by atoms with E-state index in [0.717, 1.165) is 31.3 Å². The van der Waals surface area contributed by atoms with Crippen LogP contribution in [0.4, 0.5) is 17.6 Å². The molecule has 0 unspecified atom stereocenters. The number of aromatic nitrogens is 2. The third-order valence-corrected chi connectivity index (χ3v) is 3.10. The molecule has 1 aromatic heterocycles. The van der Waals surface area contributed by atoms with Crippen LogP contribution in [0.3, 0.4) is 0 Å². The molecule has 0 aliphatic carbocycles. The van der Waals surface area contributed by atoms with Crippen LogP contribution in [0.25, 0.3) is 0 Å². The van der Waals surface area contributed by atoms with Crippen LogP contribution in [0.1, 0.15) is 13.8 Å². The number of nitrogens with zero attached hydrogens (tertiary/aromatic N) is 3. The zero-order valence-electron chi connectivity index (χ0n) is 10.6. The summed E-state index contributed by atoms with van der Waals surface area (Å²) in [7, 11) is 1.98. The molecule has 4 N–H and O–H groups in total. The molecule has 0 aromatic carbocycles. The molecular formula is C11H20N6. The third-order valence-electron chi connectivity index (χ3n) is 3.10. The molecule has 0 saturated carbocycles. The molecule has 0 amide bonds. The molecule has 0 spiro atoms. The molecule has 94 valence electrons. The van der Waals surface area contributed by atoms with E-state index < -0.39 is 0 Å². The lowest BCUT2D eigenvalue weighted by Crippen LogP contribution is -2.67. The fourth-order valence-corrected chi connectivity index (χ4v) is 2.00. The average Bonchev–Trinajstić information content (AvgIpc) is 2.24. The van der Waals surface area contributed by atoms with Crippen LogP contribution in [-0.4, -0.2) is 42.2 Å². The number of nitrogens with two attached hydrogens (primary N) is 1. The zero-order valence-corrected chi connectivity index (χ0v) is 10.6. The van der Waals surface area contributed by atoms with Crippen LogP contribution >= 0.6 is 0 Å². The predicted molar refractivity (Wildman–Crippen MR) is 70.3 cm³/mol. The lowest BCUT2D eigenvalue weighted by Gasteiger charge is -2.48. The van der Waals surface area contributed by atoms with E-state index in [1.807, 2.05) is 20.0 Å². The molecule has 17 heavy (non-hydrogen) atoms. The van der Waals surface area contributed by atoms with Gasteiger partial charge in [-0.25, -0.2) is 0 Å². The molecule has 6 nitrogen and oxygen atoms in total. The fourth-order valence-electron chi connectivity index (χ4n) is 2.00. The van der Waals surface area contributed by atoms with Gasteiger partial charge in [0.1, 0.15) is 11.6 Å². The van der Waals surface area contributed by atoms with Crippen molar-refractivity contribution in [3.63, 3.8) is 0 Å². The topological polar surface area (TPSA) is 79.1 Å². The van der Waals surface area contributed by atoms with Crippen LogP contribution in [0.2, 0.25) is 0 Å². The van der Waals surface area contributed by atoms with Crippen molar-refractivity contribution in [2.45, 2.75) is 19.4 Å². The van der Waals surface area contributed by atoms with Crippen LogP contribution in [0.5, 0.6) is 0 Å². The van der Waals surface area contributed by atoms with Crippen molar-refractivity contribution in [3.05, 3.63) is 6.07 Å². The van der Waals surface area contributed by atoms with Gasteiger partial charge in [-0.15, -0.1) is 0 Å². The Labute approximate surface area is 102 Å². The number of anilines is 3. The number of rotatable bonds is 4. The van der Waals surface area contributed by atoms with Gasteiger partial charge in [0, 0.05) is 25.7 Å². The Morgan fingerprint density at radius 2 is 2.18 bits per heavy atom. The number of hydrogen-bond donors (Lipinski definition) is 3. The first-order chi connectivity index (χ1) is 8.06. The van der Waals surface area contributed by atoms with Gasteiger partial charge in [0.25, 0.3) is 0 Å². The van der Waals surface area contributed by atoms with E-state index in [1.165, 1.54) is 0 Å². The molecule has 0 atom stereocenters. The lowest BCUT2D eigenvalue weighted by molar-refractivity contribution is 0.301. The molecule has 1 aliphatic rings. The third kappa shape index (κ3) is 2.41. The summed E-state index contributed by atoms with van der Waals surface area (Å²) < 4.78 is 0. The van der Waals surface area contributed by atoms with Crippen molar-refractivity contribution in [1.29, 1.82) is 0 Å². The van der Waals surface area contributed by atoms with E-state index in [1.54, 1.807) is 0 Å². The predicted octanol–water partition coefficient (Wildman–Crippen LogP) is 0.289. The highest BCUT2D eigenvalue weighted by atomic mass is 15.3. The highest BCUT2D eigenvalue weighted by Crippen LogP contribution is 2.27. The molecule has 6 heteroatoms. The molecule has 2 heterocycles. The molecule has 0 bridgehead atoms. The Morgan fingerprint density at radius 1 is 1.47 bits per heavy atom. The first kappa shape index (κ1) is 11.9. The summed E-state index contributed by atoms with van der Waals surface area (Å²) in [6.07, 6.45) is 0. The van der Waals surface area contributed by atoms with E-state index in [4.69, 9.17) is 5.73 Å². The second kappa shape index (κ2) is 4.37. The Kier molecular flexibility index (Phi) is 3.06. The normalized spacial score (nSPS) is 17.7. The van der Waals surface area contributed by atoms with Gasteiger partial charge in [-0.2, -0.15) is 9.97 Å². The second-order valence-corrected chi connectivity index (χ2v) is 4.67. The van der Waals surface area contributed by atoms with E-state index in [2.05, 4.69) is 32.4 Å². The monoisotopic (exact) mass is 236 g/mol. The Bertz CT molecular complexity index is 399. The molecule has 1 aliphatic heterocycles. The van der Waals surface area contributed by atoms with Crippen molar-refractivity contribution >= 4 is 17.6 Å². The highest BCUT2D eigenvalue weighted by molar-refractivity contribution is 5.55. The van der Waals surface area contributed by atoms with Crippen molar-refractivity contribution in [2.75, 3.05) is 42.6 Å². The zero-order chi connectivity index (χ0) is 12.5. The molecule has 1 saturated heterocycles. The molecular weight excluding hydrogens is 216 g/mol. The smallest absolute Gasteiger partial charge is 0.223 e. The molecule has 2 rings (SSSR count). The Balaban J connectivity index is 2.12. The van der Waals surface area contributed by atoms with Crippen molar-refractivity contribution in [1.82, 2.24) is 15.3 Å². The van der Waals surface area contributed by atoms with E-state index in [-0.39, 0.29) is 5.54 Å². The Hall–Kier alpha value is -1.56. The molecule has 0 radical (unpaired) electrons. The Morgan fingerprint density at radius 3 is 2.76 bits per heavy atom. The number of nitrogens with one attached hydrogen (secondary N) is 2. The number of likely N-dealkylation sites (N-methyl/N-ethyl adjacent to an activating group) is 1. The quantitative estimate of drug-likeness (QED) is 0.697. The molecule has 1 fully saturated rings. The van der Waals surface area contributed by atoms with Gasteiger partial charge < -0.3 is 21.3 Å². The average molecular weight is 236 g/mol. The van der Waals surface area contributed by atoms with E-state index in [9.17, 15) is 0 Å². The summed E-state index contributed by atoms with van der Waals surface area (Å²) >= 11 is 0. The van der Waals surface area contributed by atoms with Gasteiger partial charge in [0.15, 0.2) is 0 Å². The van der Waals surface area contributed by atoms with Gasteiger partial charge >= 0.3 is 0 Å². The maximum absolute atomic E-state index is 5.70. The van der Waals surface area contributed by atoms with E-state index in [0.29, 0.717) is 5.95 Å². The van der Waals surface area contributed by atoms with Crippen LogP contribution in [0, 0.1) is 0 Å². The minimum atomic E-state index is 0.179. The summed E-state index contributed by atoms with van der Waals surface area (Å²) in [4.78, 5) is 10.6. The minimum Gasteiger partial charge on any atom is -0.370 e. The second-order valence-electron chi connectivity index (χ2n) is 4.67. The summed E-state index contributed by atoms with van der Waals surface area (Å²) in [5.74, 6) is 1.99. The van der Waals surface area contributed by atoms with Gasteiger partial charge in [-0.3, -0.25) is 0 Å². The van der Waals surface area contributed by atoms with Gasteiger partial charge in [-0.05, 0) is 20.9 Å². The number of hydrogen-bond acceptors (Lipinski definition) is 6. The number of nitrogen functional groups attached to an aromatic ring is 1. The fraction of sp³-hybridized carbons (Fsp3) is 0.636. The summed E-state index contributed by atoms with van der Waals surface area (Å²) in [5, 5.41) is 6.45. The minimum absolute atomic E-state index is 0.179. The standard InChI is InChI=1S/C11H20N6/c1-4-14-8-5-9(16-10(12)15-8)17-6-11(2,7-17)13-3/h5,13H,4,6-7H2,1-3H3,(H3,12,14,15,16). The SMILES string of the molecule is CCNc1cc(N2CC(C)(NC)C2)nc(N)n1. The van der Waals surface area contributed by atoms with Crippen LogP contribution < -0.4 is 21.3 Å². The maximum atomic E-state index is 5.70. The summed E-state index contributed by atoms with van der Waals surface area (Å²) in [6.45, 7) is 6.92. The van der Waals surface area contributed by atoms with Crippen LogP contribution in [-0.2, 0) is 0 Å². The van der Waals surface area contributed by atoms with Gasteiger partial charge in [0.05, 0.1) is 5.54 Å². The van der Waals surface area contributed by atoms with Gasteiger partial charge in [0.2, 0.25) is 5.95 Å². The summed E-state index contributed by atoms with van der Waals surface area (Å²) in [6, 6.07) is 1.94. The van der Waals surface area contributed by atoms with Crippen molar-refractivity contribution < 1.29 is 0 Å². The van der Waals surface area contributed by atoms with Crippen LogP contribution in [0.15, 0.2) is 6.07 Å². The largest absolute Gasteiger partial charge is 0.370 e. The maximum Gasteiger partial charge on any atom is 0.223 e. The first-order valence-corrected chi connectivity index (χ1v) is 5.88. The highest BCUT2D eigenvalue weighted by Gasteiger charge is 2.38.